The first kappa shape index (κ1) is 21.0. The van der Waals surface area contributed by atoms with Crippen LogP contribution in [0.15, 0.2) is 60.8 Å². The Hall–Kier alpha value is -2.86. The van der Waals surface area contributed by atoms with Gasteiger partial charge in [-0.2, -0.15) is 0 Å². The summed E-state index contributed by atoms with van der Waals surface area (Å²) in [5.74, 6) is 0.860. The molecule has 166 valence electrons. The predicted octanol–water partition coefficient (Wildman–Crippen LogP) is 5.49. The molecule has 2 fully saturated rings. The molecule has 3 heterocycles. The van der Waals surface area contributed by atoms with Crippen molar-refractivity contribution in [3.05, 3.63) is 77.9 Å². The van der Waals surface area contributed by atoms with E-state index in [9.17, 15) is 0 Å². The largest absolute Gasteiger partial charge is 0.497 e. The van der Waals surface area contributed by atoms with Crippen molar-refractivity contribution in [1.82, 2.24) is 19.8 Å². The van der Waals surface area contributed by atoms with E-state index in [1.165, 1.54) is 43.5 Å². The van der Waals surface area contributed by atoms with Gasteiger partial charge in [0, 0.05) is 29.3 Å². The van der Waals surface area contributed by atoms with Gasteiger partial charge in [0.1, 0.15) is 5.75 Å². The normalized spacial score (nSPS) is 21.6. The lowest BCUT2D eigenvalue weighted by Gasteiger charge is -2.37. The smallest absolute Gasteiger partial charge is 0.170 e. The number of hydrogen-bond acceptors (Lipinski definition) is 3. The summed E-state index contributed by atoms with van der Waals surface area (Å²) in [7, 11) is 1.70. The third kappa shape index (κ3) is 3.77. The molecule has 1 aliphatic heterocycles. The third-order valence-electron chi connectivity index (χ3n) is 6.84. The molecule has 1 aliphatic carbocycles. The van der Waals surface area contributed by atoms with E-state index in [2.05, 4.69) is 58.1 Å². The topological polar surface area (TPSA) is 42.3 Å². The molecule has 32 heavy (non-hydrogen) atoms. The Bertz CT molecular complexity index is 1070. The van der Waals surface area contributed by atoms with E-state index in [4.69, 9.17) is 21.9 Å². The highest BCUT2D eigenvalue weighted by Gasteiger charge is 2.44. The van der Waals surface area contributed by atoms with E-state index >= 15 is 0 Å². The maximum atomic E-state index is 5.94. The molecule has 5 rings (SSSR count). The van der Waals surface area contributed by atoms with Crippen LogP contribution in [0.4, 0.5) is 0 Å². The van der Waals surface area contributed by atoms with E-state index in [1.807, 2.05) is 24.4 Å². The van der Waals surface area contributed by atoms with Gasteiger partial charge in [-0.3, -0.25) is 4.98 Å². The number of rotatable bonds is 5. The molecule has 2 atom stereocenters. The molecule has 5 nitrogen and oxygen atoms in total. The number of nitrogens with zero attached hydrogens (tertiary/aromatic N) is 3. The van der Waals surface area contributed by atoms with Crippen LogP contribution >= 0.6 is 12.2 Å². The lowest BCUT2D eigenvalue weighted by Crippen LogP contribution is -2.40. The highest BCUT2D eigenvalue weighted by Crippen LogP contribution is 2.43. The summed E-state index contributed by atoms with van der Waals surface area (Å²) in [6.45, 7) is 2.16. The number of methoxy groups -OCH3 is 1. The van der Waals surface area contributed by atoms with Crippen LogP contribution in [-0.4, -0.2) is 32.7 Å². The van der Waals surface area contributed by atoms with E-state index < -0.39 is 0 Å². The van der Waals surface area contributed by atoms with Crippen LogP contribution in [0.5, 0.6) is 5.75 Å². The van der Waals surface area contributed by atoms with E-state index in [0.29, 0.717) is 6.04 Å². The maximum absolute atomic E-state index is 5.94. The molecule has 3 aromatic rings. The molecule has 2 aromatic heterocycles. The summed E-state index contributed by atoms with van der Waals surface area (Å²) < 4.78 is 7.73. The molecule has 1 saturated heterocycles. The SMILES string of the molecule is COc1ccc(-n2c(C)ccc2C2C(c3ccccn3)NC(=S)N2C2CCCCC2)cc1. The summed E-state index contributed by atoms with van der Waals surface area (Å²) in [5.41, 5.74) is 4.59. The molecule has 2 unspecified atom stereocenters. The molecular weight excluding hydrogens is 416 g/mol. The van der Waals surface area contributed by atoms with Crippen molar-refractivity contribution < 1.29 is 4.74 Å². The molecule has 1 N–H and O–H groups in total. The Morgan fingerprint density at radius 3 is 2.47 bits per heavy atom. The molecule has 6 heteroatoms. The highest BCUT2D eigenvalue weighted by molar-refractivity contribution is 7.80. The van der Waals surface area contributed by atoms with Gasteiger partial charge in [-0.05, 0) is 80.5 Å². The zero-order valence-corrected chi connectivity index (χ0v) is 19.5. The van der Waals surface area contributed by atoms with Crippen molar-refractivity contribution >= 4 is 17.3 Å². The second-order valence-corrected chi connectivity index (χ2v) is 9.15. The Morgan fingerprint density at radius 2 is 1.78 bits per heavy atom. The van der Waals surface area contributed by atoms with Gasteiger partial charge in [0.15, 0.2) is 5.11 Å². The molecule has 0 radical (unpaired) electrons. The first-order valence-corrected chi connectivity index (χ1v) is 11.9. The zero-order chi connectivity index (χ0) is 22.1. The van der Waals surface area contributed by atoms with Crippen molar-refractivity contribution in [2.45, 2.75) is 57.2 Å². The van der Waals surface area contributed by atoms with Crippen LogP contribution in [0.1, 0.15) is 61.3 Å². The first-order chi connectivity index (χ1) is 15.7. The minimum absolute atomic E-state index is 0.0110. The van der Waals surface area contributed by atoms with Gasteiger partial charge in [-0.1, -0.05) is 25.3 Å². The number of pyridine rings is 1. The first-order valence-electron chi connectivity index (χ1n) is 11.5. The lowest BCUT2D eigenvalue weighted by atomic mass is 9.92. The molecule has 0 amide bonds. The van der Waals surface area contributed by atoms with Crippen molar-refractivity contribution in [3.63, 3.8) is 0 Å². The quantitative estimate of drug-likeness (QED) is 0.525. The van der Waals surface area contributed by atoms with Crippen molar-refractivity contribution in [2.24, 2.45) is 0 Å². The number of aryl methyl sites for hydroxylation is 1. The van der Waals surface area contributed by atoms with Crippen molar-refractivity contribution in [1.29, 1.82) is 0 Å². The van der Waals surface area contributed by atoms with Crippen LogP contribution in [0, 0.1) is 6.92 Å². The molecule has 0 spiro atoms. The standard InChI is InChI=1S/C26H30N4OS/c1-18-11-16-23(29(18)20-12-14-21(31-2)15-13-20)25-24(22-10-6-7-17-27-22)28-26(32)30(25)19-8-4-3-5-9-19/h6-7,10-17,19,24-25H,3-5,8-9H2,1-2H3,(H,28,32). The van der Waals surface area contributed by atoms with Gasteiger partial charge < -0.3 is 19.5 Å². The molecule has 0 bridgehead atoms. The maximum Gasteiger partial charge on any atom is 0.170 e. The monoisotopic (exact) mass is 446 g/mol. The van der Waals surface area contributed by atoms with E-state index in [1.54, 1.807) is 7.11 Å². The van der Waals surface area contributed by atoms with E-state index in [-0.39, 0.29) is 12.1 Å². The predicted molar refractivity (Wildman–Crippen MR) is 131 cm³/mol. The van der Waals surface area contributed by atoms with Gasteiger partial charge >= 0.3 is 0 Å². The summed E-state index contributed by atoms with van der Waals surface area (Å²) in [5, 5.41) is 4.48. The van der Waals surface area contributed by atoms with Crippen LogP contribution in [0.3, 0.4) is 0 Å². The fourth-order valence-electron chi connectivity index (χ4n) is 5.31. The molecule has 2 aliphatic rings. The number of ether oxygens (including phenoxy) is 1. The van der Waals surface area contributed by atoms with Crippen LogP contribution in [0.25, 0.3) is 5.69 Å². The Kier molecular flexibility index (Phi) is 5.87. The van der Waals surface area contributed by atoms with Crippen molar-refractivity contribution in [3.8, 4) is 11.4 Å². The number of thiocarbonyl (C=S) groups is 1. The Labute approximate surface area is 195 Å². The summed E-state index contributed by atoms with van der Waals surface area (Å²) in [4.78, 5) is 7.18. The summed E-state index contributed by atoms with van der Waals surface area (Å²) in [6.07, 6.45) is 8.10. The fraction of sp³-hybridized carbons (Fsp3) is 0.385. The second-order valence-electron chi connectivity index (χ2n) is 8.76. The third-order valence-corrected chi connectivity index (χ3v) is 7.17. The fourth-order valence-corrected chi connectivity index (χ4v) is 5.70. The molecule has 1 saturated carbocycles. The van der Waals surface area contributed by atoms with Crippen LogP contribution < -0.4 is 10.1 Å². The Balaban J connectivity index is 1.62. The Morgan fingerprint density at radius 1 is 1.00 bits per heavy atom. The average molecular weight is 447 g/mol. The zero-order valence-electron chi connectivity index (χ0n) is 18.7. The second kappa shape index (κ2) is 8.94. The van der Waals surface area contributed by atoms with Gasteiger partial charge in [0.05, 0.1) is 24.9 Å². The molecule has 1 aromatic carbocycles. The number of benzene rings is 1. The van der Waals surface area contributed by atoms with Crippen LogP contribution in [-0.2, 0) is 0 Å². The van der Waals surface area contributed by atoms with Gasteiger partial charge in [-0.25, -0.2) is 0 Å². The van der Waals surface area contributed by atoms with Gasteiger partial charge in [0.2, 0.25) is 0 Å². The van der Waals surface area contributed by atoms with E-state index in [0.717, 1.165) is 22.2 Å². The number of hydrogen-bond donors (Lipinski definition) is 1. The lowest BCUT2D eigenvalue weighted by molar-refractivity contribution is 0.193. The number of nitrogens with one attached hydrogen (secondary N) is 1. The highest BCUT2D eigenvalue weighted by atomic mass is 32.1. The average Bonchev–Trinajstić information content (AvgIpc) is 3.39. The van der Waals surface area contributed by atoms with Crippen LogP contribution in [0.2, 0.25) is 0 Å². The summed E-state index contributed by atoms with van der Waals surface area (Å²) in [6, 6.07) is 19.4. The number of aromatic nitrogens is 2. The van der Waals surface area contributed by atoms with Gasteiger partial charge in [-0.15, -0.1) is 0 Å². The van der Waals surface area contributed by atoms with Crippen molar-refractivity contribution in [2.75, 3.05) is 7.11 Å². The van der Waals surface area contributed by atoms with Gasteiger partial charge in [0.25, 0.3) is 0 Å². The molecular formula is C26H30N4OS. The summed E-state index contributed by atoms with van der Waals surface area (Å²) >= 11 is 5.94. The minimum Gasteiger partial charge on any atom is -0.497 e. The minimum atomic E-state index is 0.0110.